The van der Waals surface area contributed by atoms with Crippen molar-refractivity contribution in [1.29, 1.82) is 0 Å². The van der Waals surface area contributed by atoms with Gasteiger partial charge in [0.05, 0.1) is 0 Å². The van der Waals surface area contributed by atoms with Crippen LogP contribution in [-0.4, -0.2) is 34.7 Å². The Morgan fingerprint density at radius 3 is 2.06 bits per heavy atom. The van der Waals surface area contributed by atoms with Crippen molar-refractivity contribution in [3.8, 4) is 5.75 Å². The molecule has 0 bridgehead atoms. The molecular formula is C14H12NaO. The van der Waals surface area contributed by atoms with E-state index in [2.05, 4.69) is 0 Å². The number of hydrogen-bond acceptors (Lipinski definition) is 1. The summed E-state index contributed by atoms with van der Waals surface area (Å²) in [4.78, 5) is 0. The van der Waals surface area contributed by atoms with Crippen molar-refractivity contribution in [2.75, 3.05) is 0 Å². The minimum Gasteiger partial charge on any atom is -0.507 e. The Kier molecular flexibility index (Phi) is 5.33. The van der Waals surface area contributed by atoms with Crippen LogP contribution in [0.4, 0.5) is 0 Å². The second-order valence-electron chi connectivity index (χ2n) is 3.30. The largest absolute Gasteiger partial charge is 0.507 e. The van der Waals surface area contributed by atoms with E-state index in [1.54, 1.807) is 6.07 Å². The van der Waals surface area contributed by atoms with Gasteiger partial charge in [0, 0.05) is 35.1 Å². The van der Waals surface area contributed by atoms with E-state index in [1.807, 2.05) is 60.7 Å². The van der Waals surface area contributed by atoms with Crippen LogP contribution < -0.4 is 0 Å². The van der Waals surface area contributed by atoms with Gasteiger partial charge < -0.3 is 5.11 Å². The molecule has 0 unspecified atom stereocenters. The van der Waals surface area contributed by atoms with E-state index in [0.717, 1.165) is 11.1 Å². The van der Waals surface area contributed by atoms with Gasteiger partial charge in [0.15, 0.2) is 0 Å². The first-order valence-electron chi connectivity index (χ1n) is 4.87. The molecule has 0 amide bonds. The first-order valence-corrected chi connectivity index (χ1v) is 4.87. The summed E-state index contributed by atoms with van der Waals surface area (Å²) in [5.74, 6) is 0.310. The molecule has 0 aliphatic carbocycles. The van der Waals surface area contributed by atoms with Gasteiger partial charge >= 0.3 is 0 Å². The second-order valence-corrected chi connectivity index (χ2v) is 3.30. The van der Waals surface area contributed by atoms with Crippen LogP contribution in [0.15, 0.2) is 54.6 Å². The zero-order valence-electron chi connectivity index (χ0n) is 9.30. The van der Waals surface area contributed by atoms with Crippen LogP contribution in [0.25, 0.3) is 12.2 Å². The van der Waals surface area contributed by atoms with Gasteiger partial charge in [-0.1, -0.05) is 60.7 Å². The maximum Gasteiger partial charge on any atom is 0.122 e. The van der Waals surface area contributed by atoms with E-state index in [4.69, 9.17) is 0 Å². The molecule has 2 aromatic carbocycles. The molecule has 0 aromatic heterocycles. The van der Waals surface area contributed by atoms with Gasteiger partial charge in [-0.15, -0.1) is 0 Å². The molecule has 0 saturated heterocycles. The Hall–Kier alpha value is -1.02. The molecule has 0 saturated carbocycles. The van der Waals surface area contributed by atoms with Crippen molar-refractivity contribution in [1.82, 2.24) is 0 Å². The third-order valence-electron chi connectivity index (χ3n) is 2.19. The van der Waals surface area contributed by atoms with Crippen LogP contribution in [0.5, 0.6) is 5.75 Å². The molecule has 1 radical (unpaired) electrons. The Morgan fingerprint density at radius 2 is 1.38 bits per heavy atom. The molecule has 2 aromatic rings. The van der Waals surface area contributed by atoms with Gasteiger partial charge in [-0.25, -0.2) is 0 Å². The third kappa shape index (κ3) is 3.53. The topological polar surface area (TPSA) is 20.2 Å². The van der Waals surface area contributed by atoms with Crippen molar-refractivity contribution < 1.29 is 5.11 Å². The fourth-order valence-electron chi connectivity index (χ4n) is 1.38. The molecule has 2 rings (SSSR count). The van der Waals surface area contributed by atoms with Crippen molar-refractivity contribution in [3.05, 3.63) is 65.7 Å². The van der Waals surface area contributed by atoms with Crippen molar-refractivity contribution in [2.24, 2.45) is 0 Å². The summed E-state index contributed by atoms with van der Waals surface area (Å²) in [6.45, 7) is 0. The van der Waals surface area contributed by atoms with Crippen molar-refractivity contribution >= 4 is 41.7 Å². The molecule has 1 nitrogen and oxygen atoms in total. The van der Waals surface area contributed by atoms with Crippen LogP contribution in [0.1, 0.15) is 11.1 Å². The first-order chi connectivity index (χ1) is 7.36. The summed E-state index contributed by atoms with van der Waals surface area (Å²) < 4.78 is 0. The Morgan fingerprint density at radius 1 is 0.750 bits per heavy atom. The van der Waals surface area contributed by atoms with E-state index in [1.165, 1.54) is 0 Å². The summed E-state index contributed by atoms with van der Waals surface area (Å²) >= 11 is 0. The molecule has 2 heteroatoms. The average molecular weight is 219 g/mol. The molecule has 75 valence electrons. The maximum atomic E-state index is 9.54. The Labute approximate surface area is 118 Å². The number of hydrogen-bond donors (Lipinski definition) is 1. The monoisotopic (exact) mass is 219 g/mol. The van der Waals surface area contributed by atoms with Crippen molar-refractivity contribution in [3.63, 3.8) is 0 Å². The SMILES string of the molecule is Oc1ccccc1C=Cc1ccccc1.[Na]. The Bertz CT molecular complexity index is 463. The Balaban J connectivity index is 0.00000128. The normalized spacial score (nSPS) is 10.0. The number of rotatable bonds is 2. The van der Waals surface area contributed by atoms with Crippen LogP contribution >= 0.6 is 0 Å². The summed E-state index contributed by atoms with van der Waals surface area (Å²) in [5.41, 5.74) is 1.96. The molecule has 1 N–H and O–H groups in total. The minimum absolute atomic E-state index is 0. The van der Waals surface area contributed by atoms with Gasteiger partial charge in [-0.3, -0.25) is 0 Å². The van der Waals surface area contributed by atoms with E-state index >= 15 is 0 Å². The predicted molar refractivity (Wildman–Crippen MR) is 69.2 cm³/mol. The standard InChI is InChI=1S/C14H12O.Na/c15-14-9-5-4-8-13(14)11-10-12-6-2-1-3-7-12;/h1-11,15H;. The van der Waals surface area contributed by atoms with Crippen LogP contribution in [0.3, 0.4) is 0 Å². The molecule has 0 atom stereocenters. The number of phenols is 1. The van der Waals surface area contributed by atoms with E-state index in [0.29, 0.717) is 5.75 Å². The van der Waals surface area contributed by atoms with Gasteiger partial charge in [0.25, 0.3) is 0 Å². The summed E-state index contributed by atoms with van der Waals surface area (Å²) in [5, 5.41) is 9.54. The number of para-hydroxylation sites is 1. The molecule has 16 heavy (non-hydrogen) atoms. The summed E-state index contributed by atoms with van der Waals surface area (Å²) in [6, 6.07) is 17.3. The fourth-order valence-corrected chi connectivity index (χ4v) is 1.38. The van der Waals surface area contributed by atoms with Crippen LogP contribution in [-0.2, 0) is 0 Å². The number of benzene rings is 2. The predicted octanol–water partition coefficient (Wildman–Crippen LogP) is 3.18. The fraction of sp³-hybridized carbons (Fsp3) is 0. The smallest absolute Gasteiger partial charge is 0.122 e. The number of phenolic OH excluding ortho intramolecular Hbond substituents is 1. The summed E-state index contributed by atoms with van der Waals surface area (Å²) in [6.07, 6.45) is 3.89. The van der Waals surface area contributed by atoms with E-state index < -0.39 is 0 Å². The molecular weight excluding hydrogens is 207 g/mol. The maximum absolute atomic E-state index is 9.54. The summed E-state index contributed by atoms with van der Waals surface area (Å²) in [7, 11) is 0. The molecule has 0 fully saturated rings. The van der Waals surface area contributed by atoms with Crippen molar-refractivity contribution in [2.45, 2.75) is 0 Å². The third-order valence-corrected chi connectivity index (χ3v) is 2.19. The molecule has 0 heterocycles. The van der Waals surface area contributed by atoms with Crippen LogP contribution in [0.2, 0.25) is 0 Å². The zero-order valence-corrected chi connectivity index (χ0v) is 11.3. The van der Waals surface area contributed by atoms with Gasteiger partial charge in [-0.05, 0) is 11.6 Å². The average Bonchev–Trinajstić information content (AvgIpc) is 2.29. The van der Waals surface area contributed by atoms with E-state index in [-0.39, 0.29) is 29.6 Å². The zero-order chi connectivity index (χ0) is 10.5. The first kappa shape index (κ1) is 13.0. The van der Waals surface area contributed by atoms with Gasteiger partial charge in [-0.2, -0.15) is 0 Å². The minimum atomic E-state index is 0. The molecule has 0 aliphatic rings. The van der Waals surface area contributed by atoms with E-state index in [9.17, 15) is 5.11 Å². The number of aromatic hydroxyl groups is 1. The van der Waals surface area contributed by atoms with Gasteiger partial charge in [0.2, 0.25) is 0 Å². The quantitative estimate of drug-likeness (QED) is 0.607. The van der Waals surface area contributed by atoms with Gasteiger partial charge in [0.1, 0.15) is 5.75 Å². The molecule has 0 aliphatic heterocycles. The second kappa shape index (κ2) is 6.54. The van der Waals surface area contributed by atoms with Crippen LogP contribution in [0, 0.1) is 0 Å². The molecule has 0 spiro atoms.